The molecule has 0 spiro atoms. The van der Waals surface area contributed by atoms with Crippen LogP contribution in [-0.4, -0.2) is 9.78 Å². The first kappa shape index (κ1) is 8.75. The Morgan fingerprint density at radius 3 is 2.77 bits per heavy atom. The number of hydrogen-bond acceptors (Lipinski definition) is 2. The first-order chi connectivity index (χ1) is 6.24. The molecule has 2 rings (SSSR count). The quantitative estimate of drug-likeness (QED) is 0.750. The first-order valence-electron chi connectivity index (χ1n) is 5.06. The highest BCUT2D eigenvalue weighted by Crippen LogP contribution is 2.35. The molecule has 0 atom stereocenters. The maximum absolute atomic E-state index is 6.30. The molecule has 2 N–H and O–H groups in total. The van der Waals surface area contributed by atoms with Gasteiger partial charge in [-0.3, -0.25) is 4.68 Å². The molecule has 0 aliphatic heterocycles. The highest BCUT2D eigenvalue weighted by atomic mass is 15.3. The lowest BCUT2D eigenvalue weighted by Gasteiger charge is -2.21. The van der Waals surface area contributed by atoms with Crippen LogP contribution in [0.2, 0.25) is 0 Å². The summed E-state index contributed by atoms with van der Waals surface area (Å²) in [5.41, 5.74) is 7.43. The molecule has 1 heterocycles. The van der Waals surface area contributed by atoms with Crippen molar-refractivity contribution >= 4 is 0 Å². The molecule has 13 heavy (non-hydrogen) atoms. The molecule has 0 saturated heterocycles. The third kappa shape index (κ3) is 1.48. The van der Waals surface area contributed by atoms with E-state index in [0.29, 0.717) is 0 Å². The number of aryl methyl sites for hydroxylation is 1. The molecule has 1 aromatic rings. The zero-order valence-electron chi connectivity index (χ0n) is 8.16. The Bertz CT molecular complexity index is 284. The van der Waals surface area contributed by atoms with Gasteiger partial charge in [0.15, 0.2) is 0 Å². The molecule has 0 unspecified atom stereocenters. The zero-order chi connectivity index (χ0) is 9.31. The van der Waals surface area contributed by atoms with Gasteiger partial charge in [0.05, 0.1) is 6.20 Å². The molecular weight excluding hydrogens is 162 g/mol. The van der Waals surface area contributed by atoms with Crippen LogP contribution in [0.3, 0.4) is 0 Å². The summed E-state index contributed by atoms with van der Waals surface area (Å²) < 4.78 is 1.95. The van der Waals surface area contributed by atoms with Crippen molar-refractivity contribution in [2.45, 2.75) is 44.7 Å². The highest BCUT2D eigenvalue weighted by molar-refractivity contribution is 5.18. The second-order valence-corrected chi connectivity index (χ2v) is 3.95. The Kier molecular flexibility index (Phi) is 2.12. The maximum atomic E-state index is 6.30. The van der Waals surface area contributed by atoms with E-state index in [0.717, 1.165) is 19.4 Å². The molecule has 1 aromatic heterocycles. The van der Waals surface area contributed by atoms with Crippen LogP contribution in [0.25, 0.3) is 0 Å². The van der Waals surface area contributed by atoms with Crippen molar-refractivity contribution in [3.63, 3.8) is 0 Å². The fourth-order valence-electron chi connectivity index (χ4n) is 2.09. The van der Waals surface area contributed by atoms with E-state index in [2.05, 4.69) is 18.2 Å². The second-order valence-electron chi connectivity index (χ2n) is 3.95. The van der Waals surface area contributed by atoms with Gasteiger partial charge in [-0.25, -0.2) is 0 Å². The summed E-state index contributed by atoms with van der Waals surface area (Å²) in [4.78, 5) is 0. The van der Waals surface area contributed by atoms with Crippen molar-refractivity contribution in [3.05, 3.63) is 18.0 Å². The van der Waals surface area contributed by atoms with Gasteiger partial charge in [0, 0.05) is 23.8 Å². The predicted molar refractivity (Wildman–Crippen MR) is 52.2 cm³/mol. The van der Waals surface area contributed by atoms with Gasteiger partial charge in [-0.1, -0.05) is 12.8 Å². The minimum Gasteiger partial charge on any atom is -0.321 e. The van der Waals surface area contributed by atoms with E-state index in [-0.39, 0.29) is 5.54 Å². The Hall–Kier alpha value is -0.830. The number of hydrogen-bond donors (Lipinski definition) is 1. The normalized spacial score (nSPS) is 20.8. The van der Waals surface area contributed by atoms with Crippen molar-refractivity contribution in [1.29, 1.82) is 0 Å². The molecular formula is C10H17N3. The van der Waals surface area contributed by atoms with Crippen LogP contribution >= 0.6 is 0 Å². The number of nitrogens with two attached hydrogens (primary N) is 1. The van der Waals surface area contributed by atoms with Gasteiger partial charge in [0.25, 0.3) is 0 Å². The van der Waals surface area contributed by atoms with E-state index in [4.69, 9.17) is 5.73 Å². The lowest BCUT2D eigenvalue weighted by atomic mass is 9.92. The summed E-state index contributed by atoms with van der Waals surface area (Å²) in [7, 11) is 0. The molecule has 1 fully saturated rings. The molecule has 3 heteroatoms. The molecule has 0 radical (unpaired) electrons. The van der Waals surface area contributed by atoms with Gasteiger partial charge in [-0.05, 0) is 19.8 Å². The first-order valence-corrected chi connectivity index (χ1v) is 5.06. The lowest BCUT2D eigenvalue weighted by molar-refractivity contribution is 0.461. The van der Waals surface area contributed by atoms with Crippen molar-refractivity contribution in [2.24, 2.45) is 5.73 Å². The molecule has 1 aliphatic carbocycles. The Morgan fingerprint density at radius 1 is 1.54 bits per heavy atom. The van der Waals surface area contributed by atoms with Crippen LogP contribution in [-0.2, 0) is 12.1 Å². The third-order valence-corrected chi connectivity index (χ3v) is 3.03. The summed E-state index contributed by atoms with van der Waals surface area (Å²) in [6, 6.07) is 0. The average molecular weight is 179 g/mol. The molecule has 0 amide bonds. The Labute approximate surface area is 78.9 Å². The zero-order valence-corrected chi connectivity index (χ0v) is 8.16. The summed E-state index contributed by atoms with van der Waals surface area (Å²) in [6.45, 7) is 3.02. The minimum atomic E-state index is -0.0760. The average Bonchev–Trinajstić information content (AvgIpc) is 2.72. The SMILES string of the molecule is CCn1cc(C2(N)CCCC2)cn1. The van der Waals surface area contributed by atoms with E-state index >= 15 is 0 Å². The molecule has 0 aromatic carbocycles. The molecule has 1 aliphatic rings. The summed E-state index contributed by atoms with van der Waals surface area (Å²) >= 11 is 0. The molecule has 0 bridgehead atoms. The van der Waals surface area contributed by atoms with Crippen molar-refractivity contribution < 1.29 is 0 Å². The highest BCUT2D eigenvalue weighted by Gasteiger charge is 2.32. The van der Waals surface area contributed by atoms with E-state index in [1.807, 2.05) is 10.9 Å². The molecule has 72 valence electrons. The molecule has 3 nitrogen and oxygen atoms in total. The van der Waals surface area contributed by atoms with E-state index < -0.39 is 0 Å². The van der Waals surface area contributed by atoms with E-state index in [1.54, 1.807) is 0 Å². The van der Waals surface area contributed by atoms with Crippen molar-refractivity contribution in [2.75, 3.05) is 0 Å². The summed E-state index contributed by atoms with van der Waals surface area (Å²) in [5.74, 6) is 0. The second kappa shape index (κ2) is 3.14. The monoisotopic (exact) mass is 179 g/mol. The Morgan fingerprint density at radius 2 is 2.23 bits per heavy atom. The van der Waals surface area contributed by atoms with Crippen molar-refractivity contribution in [1.82, 2.24) is 9.78 Å². The maximum Gasteiger partial charge on any atom is 0.0540 e. The van der Waals surface area contributed by atoms with Crippen LogP contribution in [0.15, 0.2) is 12.4 Å². The van der Waals surface area contributed by atoms with Crippen LogP contribution in [0.4, 0.5) is 0 Å². The smallest absolute Gasteiger partial charge is 0.0540 e. The Balaban J connectivity index is 2.23. The van der Waals surface area contributed by atoms with Crippen LogP contribution in [0.1, 0.15) is 38.2 Å². The van der Waals surface area contributed by atoms with Gasteiger partial charge < -0.3 is 5.73 Å². The van der Waals surface area contributed by atoms with Crippen LogP contribution in [0, 0.1) is 0 Å². The third-order valence-electron chi connectivity index (χ3n) is 3.03. The van der Waals surface area contributed by atoms with Gasteiger partial charge in [0.2, 0.25) is 0 Å². The standard InChI is InChI=1S/C10H17N3/c1-2-13-8-9(7-12-13)10(11)5-3-4-6-10/h7-8H,2-6,11H2,1H3. The minimum absolute atomic E-state index is 0.0760. The molecule has 1 saturated carbocycles. The van der Waals surface area contributed by atoms with E-state index in [9.17, 15) is 0 Å². The number of aromatic nitrogens is 2. The van der Waals surface area contributed by atoms with Crippen LogP contribution in [0.5, 0.6) is 0 Å². The number of nitrogens with zero attached hydrogens (tertiary/aromatic N) is 2. The van der Waals surface area contributed by atoms with E-state index in [1.165, 1.54) is 18.4 Å². The number of rotatable bonds is 2. The summed E-state index contributed by atoms with van der Waals surface area (Å²) in [5, 5.41) is 4.26. The van der Waals surface area contributed by atoms with Crippen LogP contribution < -0.4 is 5.73 Å². The van der Waals surface area contributed by atoms with Gasteiger partial charge in [-0.2, -0.15) is 5.10 Å². The topological polar surface area (TPSA) is 43.8 Å². The summed E-state index contributed by atoms with van der Waals surface area (Å²) in [6.07, 6.45) is 8.76. The van der Waals surface area contributed by atoms with Gasteiger partial charge >= 0.3 is 0 Å². The lowest BCUT2D eigenvalue weighted by Crippen LogP contribution is -2.32. The van der Waals surface area contributed by atoms with Gasteiger partial charge in [-0.15, -0.1) is 0 Å². The van der Waals surface area contributed by atoms with Gasteiger partial charge in [0.1, 0.15) is 0 Å². The van der Waals surface area contributed by atoms with Crippen molar-refractivity contribution in [3.8, 4) is 0 Å². The fraction of sp³-hybridized carbons (Fsp3) is 0.700. The predicted octanol–water partition coefficient (Wildman–Crippen LogP) is 1.63. The largest absolute Gasteiger partial charge is 0.321 e. The fourth-order valence-corrected chi connectivity index (χ4v) is 2.09.